The number of aliphatic hydroxyl groups excluding tert-OH is 1. The van der Waals surface area contributed by atoms with Crippen molar-refractivity contribution in [2.45, 2.75) is 38.5 Å². The normalized spacial score (nSPS) is 23.2. The highest BCUT2D eigenvalue weighted by atomic mass is 16.3. The van der Waals surface area contributed by atoms with Crippen molar-refractivity contribution in [1.29, 1.82) is 0 Å². The molecule has 0 atom stereocenters. The van der Waals surface area contributed by atoms with Crippen molar-refractivity contribution in [3.63, 3.8) is 0 Å². The SMILES string of the molecule is CC1(C)C(/C=C2/C(=O)C(/C=C3/Nc4ccccc4C3(C)C)=C2O)=Nc2ccccc21. The number of Topliss-reactive ketones (excluding diaryl/α,β-unsaturated/α-hetero) is 1. The average Bonchev–Trinajstić information content (AvgIpc) is 3.14. The van der Waals surface area contributed by atoms with Crippen LogP contribution in [0.5, 0.6) is 0 Å². The van der Waals surface area contributed by atoms with E-state index in [0.717, 1.165) is 28.3 Å². The Kier molecular flexibility index (Phi) is 3.75. The van der Waals surface area contributed by atoms with Gasteiger partial charge in [-0.25, -0.2) is 0 Å². The molecular weight excluding hydrogens is 372 g/mol. The fourth-order valence-corrected chi connectivity index (χ4v) is 4.51. The van der Waals surface area contributed by atoms with E-state index in [0.29, 0.717) is 11.1 Å². The number of fused-ring (bicyclic) bond motifs is 2. The van der Waals surface area contributed by atoms with Crippen LogP contribution >= 0.6 is 0 Å². The van der Waals surface area contributed by atoms with Crippen molar-refractivity contribution in [1.82, 2.24) is 0 Å². The highest BCUT2D eigenvalue weighted by Crippen LogP contribution is 2.45. The van der Waals surface area contributed by atoms with Gasteiger partial charge in [-0.2, -0.15) is 0 Å². The largest absolute Gasteiger partial charge is 0.506 e. The maximum atomic E-state index is 12.9. The molecule has 4 heteroatoms. The molecule has 2 heterocycles. The van der Waals surface area contributed by atoms with Crippen molar-refractivity contribution >= 4 is 22.9 Å². The minimum atomic E-state index is -0.311. The van der Waals surface area contributed by atoms with Gasteiger partial charge in [0.15, 0.2) is 0 Å². The summed E-state index contributed by atoms with van der Waals surface area (Å²) in [6.07, 6.45) is 3.52. The molecule has 0 amide bonds. The summed E-state index contributed by atoms with van der Waals surface area (Å²) in [4.78, 5) is 17.6. The van der Waals surface area contributed by atoms with E-state index in [4.69, 9.17) is 4.99 Å². The number of allylic oxidation sites excluding steroid dienone is 5. The zero-order valence-electron chi connectivity index (χ0n) is 17.6. The second kappa shape index (κ2) is 6.05. The van der Waals surface area contributed by atoms with Gasteiger partial charge in [0, 0.05) is 22.2 Å². The van der Waals surface area contributed by atoms with Crippen LogP contribution in [0.2, 0.25) is 0 Å². The lowest BCUT2D eigenvalue weighted by Crippen LogP contribution is -2.28. The summed E-state index contributed by atoms with van der Waals surface area (Å²) in [5, 5.41) is 14.1. The molecule has 0 spiro atoms. The summed E-state index contributed by atoms with van der Waals surface area (Å²) in [6.45, 7) is 8.40. The molecule has 4 nitrogen and oxygen atoms in total. The number of nitrogens with zero attached hydrogens (tertiary/aromatic N) is 1. The van der Waals surface area contributed by atoms with Crippen LogP contribution in [0, 0.1) is 0 Å². The number of para-hydroxylation sites is 2. The van der Waals surface area contributed by atoms with Crippen LogP contribution in [0.4, 0.5) is 11.4 Å². The highest BCUT2D eigenvalue weighted by molar-refractivity contribution is 6.25. The minimum absolute atomic E-state index is 0.0375. The van der Waals surface area contributed by atoms with Gasteiger partial charge in [0.05, 0.1) is 22.5 Å². The van der Waals surface area contributed by atoms with Crippen LogP contribution in [0.25, 0.3) is 0 Å². The smallest absolute Gasteiger partial charge is 0.200 e. The first kappa shape index (κ1) is 18.6. The summed E-state index contributed by atoms with van der Waals surface area (Å²) < 4.78 is 0. The number of hydrogen-bond acceptors (Lipinski definition) is 4. The van der Waals surface area contributed by atoms with Crippen LogP contribution < -0.4 is 5.32 Å². The summed E-state index contributed by atoms with van der Waals surface area (Å²) in [5.74, 6) is -0.112. The van der Waals surface area contributed by atoms with E-state index in [-0.39, 0.29) is 22.4 Å². The monoisotopic (exact) mass is 396 g/mol. The van der Waals surface area contributed by atoms with Crippen molar-refractivity contribution in [3.8, 4) is 0 Å². The van der Waals surface area contributed by atoms with Crippen molar-refractivity contribution in [2.75, 3.05) is 5.32 Å². The topological polar surface area (TPSA) is 61.7 Å². The van der Waals surface area contributed by atoms with Crippen LogP contribution in [-0.2, 0) is 15.6 Å². The molecule has 3 aliphatic rings. The third-order valence-corrected chi connectivity index (χ3v) is 6.57. The molecule has 2 N–H and O–H groups in total. The van der Waals surface area contributed by atoms with Crippen LogP contribution in [-0.4, -0.2) is 16.6 Å². The molecule has 0 saturated carbocycles. The predicted molar refractivity (Wildman–Crippen MR) is 120 cm³/mol. The Morgan fingerprint density at radius 3 is 2.23 bits per heavy atom. The van der Waals surface area contributed by atoms with Gasteiger partial charge in [0.1, 0.15) is 5.76 Å². The molecule has 2 aromatic rings. The lowest BCUT2D eigenvalue weighted by Gasteiger charge is -2.25. The zero-order valence-corrected chi connectivity index (χ0v) is 17.6. The van der Waals surface area contributed by atoms with Gasteiger partial charge in [0.2, 0.25) is 5.78 Å². The Bertz CT molecular complexity index is 1240. The molecule has 1 aliphatic carbocycles. The number of ketones is 1. The molecule has 150 valence electrons. The molecule has 0 aromatic heterocycles. The number of rotatable bonds is 2. The fraction of sp³-hybridized carbons (Fsp3) is 0.231. The molecule has 2 aliphatic heterocycles. The number of benzene rings is 2. The summed E-state index contributed by atoms with van der Waals surface area (Å²) in [7, 11) is 0. The number of nitrogens with one attached hydrogen (secondary N) is 1. The number of carbonyl (C=O) groups excluding carboxylic acids is 1. The van der Waals surface area contributed by atoms with Crippen LogP contribution in [0.15, 0.2) is 88.3 Å². The van der Waals surface area contributed by atoms with E-state index in [9.17, 15) is 9.90 Å². The van der Waals surface area contributed by atoms with E-state index in [1.807, 2.05) is 36.4 Å². The molecule has 0 saturated heterocycles. The first-order valence-corrected chi connectivity index (χ1v) is 10.2. The van der Waals surface area contributed by atoms with Gasteiger partial charge < -0.3 is 10.4 Å². The van der Waals surface area contributed by atoms with E-state index in [1.165, 1.54) is 5.56 Å². The first-order valence-electron chi connectivity index (χ1n) is 10.2. The molecule has 0 fully saturated rings. The van der Waals surface area contributed by atoms with E-state index >= 15 is 0 Å². The summed E-state index contributed by atoms with van der Waals surface area (Å²) in [5.41, 5.74) is 6.06. The second-order valence-electron chi connectivity index (χ2n) is 9.14. The predicted octanol–water partition coefficient (Wildman–Crippen LogP) is 5.66. The summed E-state index contributed by atoms with van der Waals surface area (Å²) in [6, 6.07) is 16.1. The van der Waals surface area contributed by atoms with Gasteiger partial charge in [-0.1, -0.05) is 64.1 Å². The second-order valence-corrected chi connectivity index (χ2v) is 9.14. The van der Waals surface area contributed by atoms with Gasteiger partial charge >= 0.3 is 0 Å². The Morgan fingerprint density at radius 2 is 1.57 bits per heavy atom. The van der Waals surface area contributed by atoms with E-state index in [2.05, 4.69) is 45.1 Å². The maximum absolute atomic E-state index is 12.9. The third-order valence-electron chi connectivity index (χ3n) is 6.57. The number of anilines is 1. The summed E-state index contributed by atoms with van der Waals surface area (Å²) >= 11 is 0. The Balaban J connectivity index is 1.49. The van der Waals surface area contributed by atoms with Crippen molar-refractivity contribution in [2.24, 2.45) is 4.99 Å². The minimum Gasteiger partial charge on any atom is -0.506 e. The van der Waals surface area contributed by atoms with Gasteiger partial charge in [-0.15, -0.1) is 0 Å². The van der Waals surface area contributed by atoms with Gasteiger partial charge in [-0.05, 0) is 35.4 Å². The van der Waals surface area contributed by atoms with Crippen molar-refractivity contribution in [3.05, 3.63) is 94.4 Å². The lowest BCUT2D eigenvalue weighted by molar-refractivity contribution is -0.113. The molecule has 0 radical (unpaired) electrons. The molecule has 30 heavy (non-hydrogen) atoms. The molecule has 2 aromatic carbocycles. The first-order chi connectivity index (χ1) is 14.2. The van der Waals surface area contributed by atoms with Crippen molar-refractivity contribution < 1.29 is 9.90 Å². The zero-order chi connectivity index (χ0) is 21.3. The quantitative estimate of drug-likeness (QED) is 0.644. The van der Waals surface area contributed by atoms with Crippen LogP contribution in [0.1, 0.15) is 38.8 Å². The Labute approximate surface area is 176 Å². The van der Waals surface area contributed by atoms with Crippen LogP contribution in [0.3, 0.4) is 0 Å². The number of aliphatic hydroxyl groups is 1. The number of hydrogen-bond donors (Lipinski definition) is 2. The molecule has 5 rings (SSSR count). The Hall–Kier alpha value is -3.40. The lowest BCUT2D eigenvalue weighted by atomic mass is 9.77. The van der Waals surface area contributed by atoms with E-state index < -0.39 is 0 Å². The Morgan fingerprint density at radius 1 is 0.900 bits per heavy atom. The highest BCUT2D eigenvalue weighted by Gasteiger charge is 2.40. The maximum Gasteiger partial charge on any atom is 0.200 e. The average molecular weight is 396 g/mol. The van der Waals surface area contributed by atoms with Gasteiger partial charge in [-0.3, -0.25) is 9.79 Å². The molecular formula is C26H24N2O2. The standard InChI is InChI=1S/C26H24N2O2/c1-25(2)17-9-5-7-11-19(17)27-21(25)13-15-23(29)16(24(15)30)14-22-26(3,4)18-10-6-8-12-20(18)28-22/h5-14,27,29H,1-4H3/b16-14+,21-13+. The fourth-order valence-electron chi connectivity index (χ4n) is 4.51. The molecule has 0 bridgehead atoms. The van der Waals surface area contributed by atoms with E-state index in [1.54, 1.807) is 12.2 Å². The van der Waals surface area contributed by atoms with Gasteiger partial charge in [0.25, 0.3) is 0 Å². The number of aliphatic imine (C=N–C) groups is 1. The third kappa shape index (κ3) is 2.46. The number of carbonyl (C=O) groups is 1. The molecule has 0 unspecified atom stereocenters.